The molecule has 2 fully saturated rings. The molecule has 0 spiro atoms. The third-order valence-corrected chi connectivity index (χ3v) is 3.30. The van der Waals surface area contributed by atoms with Gasteiger partial charge in [-0.3, -0.25) is 0 Å². The second kappa shape index (κ2) is 4.60. The standard InChI is InChI=1S/C11H21NO2/c1-2-12-7-6-11(4-3-5-11)14-10-8-13-9-10/h10,12H,2-9H2,1H3. The molecule has 0 bridgehead atoms. The fourth-order valence-electron chi connectivity index (χ4n) is 2.13. The molecule has 2 aliphatic rings. The molecule has 2 rings (SSSR count). The van der Waals surface area contributed by atoms with E-state index in [-0.39, 0.29) is 5.60 Å². The maximum Gasteiger partial charge on any atom is 0.105 e. The van der Waals surface area contributed by atoms with Crippen LogP contribution >= 0.6 is 0 Å². The monoisotopic (exact) mass is 199 g/mol. The van der Waals surface area contributed by atoms with Crippen LogP contribution in [0.15, 0.2) is 0 Å². The van der Waals surface area contributed by atoms with E-state index in [2.05, 4.69) is 12.2 Å². The van der Waals surface area contributed by atoms with Crippen LogP contribution in [-0.2, 0) is 9.47 Å². The molecule has 0 aromatic rings. The zero-order valence-electron chi connectivity index (χ0n) is 9.05. The summed E-state index contributed by atoms with van der Waals surface area (Å²) < 4.78 is 11.2. The SMILES string of the molecule is CCNCCC1(OC2COC2)CCC1. The van der Waals surface area contributed by atoms with Crippen molar-refractivity contribution in [2.24, 2.45) is 0 Å². The molecule has 1 aliphatic heterocycles. The maximum atomic E-state index is 6.09. The molecule has 0 amide bonds. The van der Waals surface area contributed by atoms with Gasteiger partial charge in [-0.2, -0.15) is 0 Å². The quantitative estimate of drug-likeness (QED) is 0.655. The highest BCUT2D eigenvalue weighted by Gasteiger charge is 2.40. The number of hydrogen-bond acceptors (Lipinski definition) is 3. The van der Waals surface area contributed by atoms with Crippen molar-refractivity contribution in [3.05, 3.63) is 0 Å². The molecule has 0 unspecified atom stereocenters. The predicted molar refractivity (Wildman–Crippen MR) is 55.4 cm³/mol. The first-order valence-corrected chi connectivity index (χ1v) is 5.81. The molecule has 1 N–H and O–H groups in total. The Labute approximate surface area is 86.2 Å². The van der Waals surface area contributed by atoms with E-state index in [0.717, 1.165) is 32.7 Å². The van der Waals surface area contributed by atoms with Gasteiger partial charge in [-0.1, -0.05) is 6.92 Å². The lowest BCUT2D eigenvalue weighted by Crippen LogP contribution is -2.50. The Balaban J connectivity index is 1.71. The minimum Gasteiger partial charge on any atom is -0.376 e. The van der Waals surface area contributed by atoms with E-state index in [9.17, 15) is 0 Å². The van der Waals surface area contributed by atoms with Crippen LogP contribution in [0.2, 0.25) is 0 Å². The topological polar surface area (TPSA) is 30.5 Å². The van der Waals surface area contributed by atoms with Gasteiger partial charge in [-0.05, 0) is 38.8 Å². The highest BCUT2D eigenvalue weighted by molar-refractivity contribution is 4.92. The largest absolute Gasteiger partial charge is 0.376 e. The second-order valence-electron chi connectivity index (χ2n) is 4.42. The normalized spacial score (nSPS) is 25.5. The predicted octanol–water partition coefficient (Wildman–Crippen LogP) is 1.32. The molecule has 0 atom stereocenters. The Kier molecular flexibility index (Phi) is 3.42. The Bertz CT molecular complexity index is 176. The van der Waals surface area contributed by atoms with Crippen LogP contribution in [-0.4, -0.2) is 38.0 Å². The lowest BCUT2D eigenvalue weighted by Gasteiger charge is -2.46. The third kappa shape index (κ3) is 2.27. The van der Waals surface area contributed by atoms with Crippen LogP contribution in [0.1, 0.15) is 32.6 Å². The van der Waals surface area contributed by atoms with Gasteiger partial charge in [0, 0.05) is 0 Å². The third-order valence-electron chi connectivity index (χ3n) is 3.30. The van der Waals surface area contributed by atoms with Crippen molar-refractivity contribution in [2.75, 3.05) is 26.3 Å². The van der Waals surface area contributed by atoms with Crippen LogP contribution in [0.4, 0.5) is 0 Å². The first-order valence-electron chi connectivity index (χ1n) is 5.81. The smallest absolute Gasteiger partial charge is 0.105 e. The highest BCUT2D eigenvalue weighted by Crippen LogP contribution is 2.40. The molecule has 1 heterocycles. The Morgan fingerprint density at radius 1 is 1.43 bits per heavy atom. The second-order valence-corrected chi connectivity index (χ2v) is 4.42. The van der Waals surface area contributed by atoms with E-state index in [1.807, 2.05) is 0 Å². The number of hydrogen-bond donors (Lipinski definition) is 1. The van der Waals surface area contributed by atoms with Crippen molar-refractivity contribution in [3.8, 4) is 0 Å². The molecule has 3 heteroatoms. The summed E-state index contributed by atoms with van der Waals surface area (Å²) in [6.07, 6.45) is 5.37. The van der Waals surface area contributed by atoms with Crippen molar-refractivity contribution in [3.63, 3.8) is 0 Å². The first kappa shape index (κ1) is 10.4. The lowest BCUT2D eigenvalue weighted by molar-refractivity contribution is -0.217. The average molecular weight is 199 g/mol. The van der Waals surface area contributed by atoms with Gasteiger partial charge in [0.2, 0.25) is 0 Å². The zero-order chi connectivity index (χ0) is 9.86. The summed E-state index contributed by atoms with van der Waals surface area (Å²) in [6, 6.07) is 0. The van der Waals surface area contributed by atoms with E-state index in [4.69, 9.17) is 9.47 Å². The van der Waals surface area contributed by atoms with Crippen molar-refractivity contribution in [1.29, 1.82) is 0 Å². The van der Waals surface area contributed by atoms with Gasteiger partial charge in [-0.15, -0.1) is 0 Å². The number of nitrogens with one attached hydrogen (secondary N) is 1. The molecule has 0 aromatic carbocycles. The van der Waals surface area contributed by atoms with Gasteiger partial charge in [0.15, 0.2) is 0 Å². The van der Waals surface area contributed by atoms with Crippen molar-refractivity contribution < 1.29 is 9.47 Å². The Hall–Kier alpha value is -0.120. The molecule has 1 aliphatic carbocycles. The van der Waals surface area contributed by atoms with Crippen LogP contribution < -0.4 is 5.32 Å². The minimum absolute atomic E-state index is 0.205. The van der Waals surface area contributed by atoms with Gasteiger partial charge in [0.1, 0.15) is 6.10 Å². The summed E-state index contributed by atoms with van der Waals surface area (Å²) in [7, 11) is 0. The lowest BCUT2D eigenvalue weighted by atomic mass is 9.77. The van der Waals surface area contributed by atoms with Gasteiger partial charge in [0.05, 0.1) is 18.8 Å². The van der Waals surface area contributed by atoms with E-state index in [0.29, 0.717) is 6.10 Å². The summed E-state index contributed by atoms with van der Waals surface area (Å²) in [5, 5.41) is 3.37. The van der Waals surface area contributed by atoms with Crippen molar-refractivity contribution in [2.45, 2.75) is 44.3 Å². The van der Waals surface area contributed by atoms with Crippen LogP contribution in [0.25, 0.3) is 0 Å². The summed E-state index contributed by atoms with van der Waals surface area (Å²) in [4.78, 5) is 0. The Morgan fingerprint density at radius 3 is 2.64 bits per heavy atom. The van der Waals surface area contributed by atoms with Crippen LogP contribution in [0, 0.1) is 0 Å². The molecular weight excluding hydrogens is 178 g/mol. The summed E-state index contributed by atoms with van der Waals surface area (Å²) >= 11 is 0. The highest BCUT2D eigenvalue weighted by atomic mass is 16.6. The summed E-state index contributed by atoms with van der Waals surface area (Å²) in [5.74, 6) is 0. The fourth-order valence-corrected chi connectivity index (χ4v) is 2.13. The molecule has 82 valence electrons. The Morgan fingerprint density at radius 2 is 2.21 bits per heavy atom. The molecule has 0 aromatic heterocycles. The maximum absolute atomic E-state index is 6.09. The molecule has 3 nitrogen and oxygen atoms in total. The van der Waals surface area contributed by atoms with Crippen LogP contribution in [0.3, 0.4) is 0 Å². The van der Waals surface area contributed by atoms with E-state index in [1.54, 1.807) is 0 Å². The van der Waals surface area contributed by atoms with Gasteiger partial charge < -0.3 is 14.8 Å². The molecular formula is C11H21NO2. The molecule has 1 saturated heterocycles. The van der Waals surface area contributed by atoms with Crippen LogP contribution in [0.5, 0.6) is 0 Å². The minimum atomic E-state index is 0.205. The van der Waals surface area contributed by atoms with E-state index < -0.39 is 0 Å². The number of ether oxygens (including phenoxy) is 2. The van der Waals surface area contributed by atoms with Gasteiger partial charge >= 0.3 is 0 Å². The van der Waals surface area contributed by atoms with Gasteiger partial charge in [0.25, 0.3) is 0 Å². The summed E-state index contributed by atoms with van der Waals surface area (Å²) in [5.41, 5.74) is 0.205. The molecule has 14 heavy (non-hydrogen) atoms. The van der Waals surface area contributed by atoms with Gasteiger partial charge in [-0.25, -0.2) is 0 Å². The first-order chi connectivity index (χ1) is 6.85. The van der Waals surface area contributed by atoms with E-state index >= 15 is 0 Å². The average Bonchev–Trinajstić information content (AvgIpc) is 2.05. The number of rotatable bonds is 6. The molecule has 1 saturated carbocycles. The van der Waals surface area contributed by atoms with E-state index in [1.165, 1.54) is 19.3 Å². The zero-order valence-corrected chi connectivity index (χ0v) is 9.05. The fraction of sp³-hybridized carbons (Fsp3) is 1.00. The van der Waals surface area contributed by atoms with Crippen molar-refractivity contribution >= 4 is 0 Å². The summed E-state index contributed by atoms with van der Waals surface area (Å²) in [6.45, 7) is 5.91. The molecule has 0 radical (unpaired) electrons. The van der Waals surface area contributed by atoms with Crippen molar-refractivity contribution in [1.82, 2.24) is 5.32 Å².